The van der Waals surface area contributed by atoms with E-state index in [9.17, 15) is 13.2 Å². The highest BCUT2D eigenvalue weighted by atomic mass is 19.4. The molecule has 0 aromatic heterocycles. The lowest BCUT2D eigenvalue weighted by Gasteiger charge is -2.45. The number of rotatable bonds is 2. The van der Waals surface area contributed by atoms with E-state index >= 15 is 0 Å². The zero-order valence-corrected chi connectivity index (χ0v) is 13.3. The first-order chi connectivity index (χ1) is 10.9. The van der Waals surface area contributed by atoms with Crippen LogP contribution < -0.4 is 0 Å². The van der Waals surface area contributed by atoms with Gasteiger partial charge in [0.25, 0.3) is 0 Å². The lowest BCUT2D eigenvalue weighted by Crippen LogP contribution is -2.54. The molecule has 0 bridgehead atoms. The van der Waals surface area contributed by atoms with Crippen LogP contribution in [0.25, 0.3) is 0 Å². The second-order valence-electron chi connectivity index (χ2n) is 6.49. The Morgan fingerprint density at radius 1 is 1.17 bits per heavy atom. The maximum absolute atomic E-state index is 12.8. The summed E-state index contributed by atoms with van der Waals surface area (Å²) in [5, 5.41) is 0. The van der Waals surface area contributed by atoms with Gasteiger partial charge >= 0.3 is 6.18 Å². The summed E-state index contributed by atoms with van der Waals surface area (Å²) in [6.45, 7) is 6.13. The van der Waals surface area contributed by atoms with Gasteiger partial charge in [-0.1, -0.05) is 6.07 Å². The van der Waals surface area contributed by atoms with Crippen LogP contribution in [-0.2, 0) is 22.2 Å². The van der Waals surface area contributed by atoms with E-state index in [-0.39, 0.29) is 5.60 Å². The van der Waals surface area contributed by atoms with Crippen molar-refractivity contribution < 1.29 is 22.6 Å². The molecule has 0 unspecified atom stereocenters. The quantitative estimate of drug-likeness (QED) is 0.830. The molecule has 0 saturated carbocycles. The number of aryl methyl sites for hydroxylation is 1. The minimum absolute atomic E-state index is 0.143. The molecule has 0 radical (unpaired) electrons. The van der Waals surface area contributed by atoms with E-state index in [0.29, 0.717) is 31.9 Å². The number of halogens is 3. The minimum atomic E-state index is -4.28. The van der Waals surface area contributed by atoms with Crippen LogP contribution in [0, 0.1) is 6.92 Å². The average Bonchev–Trinajstić information content (AvgIpc) is 2.49. The predicted octanol–water partition coefficient (Wildman–Crippen LogP) is 3.40. The van der Waals surface area contributed by atoms with Gasteiger partial charge in [-0.15, -0.1) is 0 Å². The van der Waals surface area contributed by atoms with Crippen molar-refractivity contribution in [1.29, 1.82) is 0 Å². The monoisotopic (exact) mass is 329 g/mol. The number of ether oxygens (including phenoxy) is 2. The van der Waals surface area contributed by atoms with Crippen molar-refractivity contribution >= 4 is 0 Å². The molecule has 0 N–H and O–H groups in total. The third-order valence-corrected chi connectivity index (χ3v) is 4.80. The first-order valence-corrected chi connectivity index (χ1v) is 7.99. The van der Waals surface area contributed by atoms with Crippen LogP contribution in [0.3, 0.4) is 0 Å². The molecule has 2 aliphatic rings. The number of alkyl halides is 3. The molecular weight excluding hydrogens is 307 g/mol. The van der Waals surface area contributed by atoms with Crippen molar-refractivity contribution in [2.75, 3.05) is 32.9 Å². The van der Waals surface area contributed by atoms with Gasteiger partial charge in [0.1, 0.15) is 0 Å². The fourth-order valence-corrected chi connectivity index (χ4v) is 3.39. The number of morpholine rings is 1. The third kappa shape index (κ3) is 3.87. The summed E-state index contributed by atoms with van der Waals surface area (Å²) in [6, 6.07) is 4.01. The van der Waals surface area contributed by atoms with Gasteiger partial charge < -0.3 is 9.47 Å². The van der Waals surface area contributed by atoms with E-state index in [0.717, 1.165) is 31.5 Å². The zero-order valence-electron chi connectivity index (χ0n) is 13.3. The zero-order chi connectivity index (χ0) is 16.5. The number of benzene rings is 1. The van der Waals surface area contributed by atoms with E-state index in [2.05, 4.69) is 4.90 Å². The molecule has 3 nitrogen and oxygen atoms in total. The molecule has 2 fully saturated rings. The van der Waals surface area contributed by atoms with E-state index in [4.69, 9.17) is 9.47 Å². The summed E-state index contributed by atoms with van der Waals surface area (Å²) in [6.07, 6.45) is -2.51. The normalized spacial score (nSPS) is 22.4. The fraction of sp³-hybridized carbons (Fsp3) is 0.647. The average molecular weight is 329 g/mol. The highest BCUT2D eigenvalue weighted by molar-refractivity contribution is 5.32. The summed E-state index contributed by atoms with van der Waals surface area (Å²) in [7, 11) is 0. The van der Waals surface area contributed by atoms with Crippen LogP contribution >= 0.6 is 0 Å². The summed E-state index contributed by atoms with van der Waals surface area (Å²) in [4.78, 5) is 2.28. The van der Waals surface area contributed by atoms with Crippen LogP contribution in [0.15, 0.2) is 18.2 Å². The molecule has 2 saturated heterocycles. The molecule has 128 valence electrons. The summed E-state index contributed by atoms with van der Waals surface area (Å²) >= 11 is 0. The highest BCUT2D eigenvalue weighted by Gasteiger charge is 2.38. The van der Waals surface area contributed by atoms with Crippen LogP contribution in [0.1, 0.15) is 29.5 Å². The van der Waals surface area contributed by atoms with E-state index in [1.54, 1.807) is 13.0 Å². The van der Waals surface area contributed by atoms with E-state index in [1.165, 1.54) is 12.1 Å². The lowest BCUT2D eigenvalue weighted by molar-refractivity contribution is -0.155. The van der Waals surface area contributed by atoms with E-state index in [1.807, 2.05) is 0 Å². The standard InChI is InChI=1S/C17H22F3NO2/c1-13-10-15(17(18,19)20)3-2-14(13)11-21-6-9-23-16(12-21)4-7-22-8-5-16/h2-3,10H,4-9,11-12H2,1H3. The van der Waals surface area contributed by atoms with Crippen molar-refractivity contribution in [1.82, 2.24) is 4.90 Å². The van der Waals surface area contributed by atoms with Crippen LogP contribution in [-0.4, -0.2) is 43.4 Å². The second kappa shape index (κ2) is 6.42. The van der Waals surface area contributed by atoms with Crippen LogP contribution in [0.5, 0.6) is 0 Å². The Bertz CT molecular complexity index is 548. The molecule has 0 aliphatic carbocycles. The third-order valence-electron chi connectivity index (χ3n) is 4.80. The van der Waals surface area contributed by atoms with Crippen molar-refractivity contribution in [3.8, 4) is 0 Å². The van der Waals surface area contributed by atoms with Crippen molar-refractivity contribution in [3.05, 3.63) is 34.9 Å². The molecule has 0 atom stereocenters. The Morgan fingerprint density at radius 3 is 2.57 bits per heavy atom. The predicted molar refractivity (Wildman–Crippen MR) is 80.2 cm³/mol. The van der Waals surface area contributed by atoms with Gasteiger partial charge in [-0.3, -0.25) is 4.90 Å². The van der Waals surface area contributed by atoms with Crippen LogP contribution in [0.4, 0.5) is 13.2 Å². The number of hydrogen-bond donors (Lipinski definition) is 0. The smallest absolute Gasteiger partial charge is 0.381 e. The Morgan fingerprint density at radius 2 is 1.91 bits per heavy atom. The van der Waals surface area contributed by atoms with E-state index < -0.39 is 11.7 Å². The molecule has 2 heterocycles. The van der Waals surface area contributed by atoms with Gasteiger partial charge in [0.15, 0.2) is 0 Å². The molecule has 0 amide bonds. The maximum atomic E-state index is 12.8. The second-order valence-corrected chi connectivity index (χ2v) is 6.49. The largest absolute Gasteiger partial charge is 0.416 e. The summed E-state index contributed by atoms with van der Waals surface area (Å²) < 4.78 is 49.7. The maximum Gasteiger partial charge on any atom is 0.416 e. The van der Waals surface area contributed by atoms with Gasteiger partial charge in [-0.05, 0) is 30.2 Å². The summed E-state index contributed by atoms with van der Waals surface area (Å²) in [5.41, 5.74) is 0.909. The number of nitrogens with zero attached hydrogens (tertiary/aromatic N) is 1. The minimum Gasteiger partial charge on any atom is -0.381 e. The molecule has 1 spiro atoms. The topological polar surface area (TPSA) is 21.7 Å². The van der Waals surface area contributed by atoms with Gasteiger partial charge in [0.2, 0.25) is 0 Å². The Labute approximate surface area is 134 Å². The molecule has 3 rings (SSSR count). The molecule has 6 heteroatoms. The molecule has 23 heavy (non-hydrogen) atoms. The van der Waals surface area contributed by atoms with Gasteiger partial charge in [0, 0.05) is 45.7 Å². The SMILES string of the molecule is Cc1cc(C(F)(F)F)ccc1CN1CCOC2(CCOCC2)C1. The van der Waals surface area contributed by atoms with Crippen LogP contribution in [0.2, 0.25) is 0 Å². The highest BCUT2D eigenvalue weighted by Crippen LogP contribution is 2.32. The Kier molecular flexibility index (Phi) is 4.67. The van der Waals surface area contributed by atoms with Gasteiger partial charge in [-0.25, -0.2) is 0 Å². The molecule has 2 aliphatic heterocycles. The first kappa shape index (κ1) is 16.7. The molecule has 1 aromatic rings. The molecular formula is C17H22F3NO2. The Hall–Kier alpha value is -1.11. The van der Waals surface area contributed by atoms with Gasteiger partial charge in [0.05, 0.1) is 17.8 Å². The summed E-state index contributed by atoms with van der Waals surface area (Å²) in [5.74, 6) is 0. The van der Waals surface area contributed by atoms with Gasteiger partial charge in [-0.2, -0.15) is 13.2 Å². The molecule has 1 aromatic carbocycles. The lowest BCUT2D eigenvalue weighted by atomic mass is 9.91. The van der Waals surface area contributed by atoms with Crippen molar-refractivity contribution in [2.45, 2.75) is 38.1 Å². The van der Waals surface area contributed by atoms with Crippen molar-refractivity contribution in [2.24, 2.45) is 0 Å². The fourth-order valence-electron chi connectivity index (χ4n) is 3.39. The van der Waals surface area contributed by atoms with Crippen molar-refractivity contribution in [3.63, 3.8) is 0 Å². The Balaban J connectivity index is 1.69. The first-order valence-electron chi connectivity index (χ1n) is 7.99. The number of hydrogen-bond acceptors (Lipinski definition) is 3.